The highest BCUT2D eigenvalue weighted by Crippen LogP contribution is 2.35. The van der Waals surface area contributed by atoms with Crippen LogP contribution in [0.3, 0.4) is 0 Å². The van der Waals surface area contributed by atoms with Gasteiger partial charge < -0.3 is 14.6 Å². The topological polar surface area (TPSA) is 65.8 Å². The minimum Gasteiger partial charge on any atom is -0.389 e. The van der Waals surface area contributed by atoms with E-state index < -0.39 is 17.3 Å². The largest absolute Gasteiger partial charge is 0.389 e. The van der Waals surface area contributed by atoms with Crippen molar-refractivity contribution in [2.45, 2.75) is 12.6 Å². The Morgan fingerprint density at radius 2 is 1.50 bits per heavy atom. The summed E-state index contributed by atoms with van der Waals surface area (Å²) in [5, 5.41) is 13.6. The number of hydrogen-bond donors (Lipinski definition) is 1. The number of nitrogens with zero attached hydrogens (tertiary/aromatic N) is 3. The van der Waals surface area contributed by atoms with E-state index in [0.29, 0.717) is 15.0 Å². The van der Waals surface area contributed by atoms with E-state index in [1.807, 2.05) is 72.1 Å². The van der Waals surface area contributed by atoms with Crippen molar-refractivity contribution in [2.75, 3.05) is 25.5 Å². The third-order valence-corrected chi connectivity index (χ3v) is 7.53. The molecule has 1 aromatic heterocycles. The molecule has 0 radical (unpaired) electrons. The number of anilines is 1. The van der Waals surface area contributed by atoms with Gasteiger partial charge in [-0.1, -0.05) is 35.3 Å². The van der Waals surface area contributed by atoms with Crippen LogP contribution in [0.2, 0.25) is 10.0 Å². The number of aliphatic hydroxyl groups is 1. The number of fused-ring (bicyclic) bond motifs is 3. The van der Waals surface area contributed by atoms with E-state index in [1.165, 1.54) is 0 Å². The first-order chi connectivity index (χ1) is 17.2. The second-order valence-electron chi connectivity index (χ2n) is 8.87. The number of hydrogen-bond acceptors (Lipinski definition) is 5. The van der Waals surface area contributed by atoms with Gasteiger partial charge >= 0.3 is 0 Å². The number of halogens is 2. The van der Waals surface area contributed by atoms with Crippen molar-refractivity contribution in [3.05, 3.63) is 81.2 Å². The summed E-state index contributed by atoms with van der Waals surface area (Å²) in [7, 11) is 3.91. The molecule has 1 aliphatic heterocycles. The minimum atomic E-state index is -0.970. The molecule has 1 N–H and O–H groups in total. The Bertz CT molecular complexity index is 1470. The molecule has 5 rings (SSSR count). The predicted octanol–water partition coefficient (Wildman–Crippen LogP) is 6.26. The normalized spacial score (nSPS) is 16.0. The summed E-state index contributed by atoms with van der Waals surface area (Å²) in [5.74, 6) is -0.401. The molecule has 0 bridgehead atoms. The zero-order valence-electron chi connectivity index (χ0n) is 19.6. The van der Waals surface area contributed by atoms with Crippen LogP contribution < -0.4 is 4.90 Å². The van der Waals surface area contributed by atoms with Crippen molar-refractivity contribution in [3.8, 4) is 0 Å². The summed E-state index contributed by atoms with van der Waals surface area (Å²) >= 11 is 13.3. The van der Waals surface area contributed by atoms with E-state index >= 15 is 0 Å². The third-order valence-electron chi connectivity index (χ3n) is 6.16. The fourth-order valence-corrected chi connectivity index (χ4v) is 5.59. The van der Waals surface area contributed by atoms with E-state index in [4.69, 9.17) is 23.2 Å². The molecule has 0 saturated carbocycles. The van der Waals surface area contributed by atoms with Gasteiger partial charge in [0.05, 0.1) is 24.1 Å². The molecule has 1 saturated heterocycles. The molecule has 3 aromatic carbocycles. The maximum atomic E-state index is 13.0. The number of rotatable bonds is 6. The van der Waals surface area contributed by atoms with Gasteiger partial charge in [-0.05, 0) is 71.9 Å². The highest BCUT2D eigenvalue weighted by molar-refractivity contribution is 8.18. The Hall–Kier alpha value is -2.97. The Morgan fingerprint density at radius 3 is 2.06 bits per heavy atom. The molecule has 36 heavy (non-hydrogen) atoms. The maximum Gasteiger partial charge on any atom is 0.293 e. The van der Waals surface area contributed by atoms with Gasteiger partial charge in [-0.15, -0.1) is 0 Å². The van der Waals surface area contributed by atoms with Crippen molar-refractivity contribution in [3.63, 3.8) is 0 Å². The molecular weight excluding hydrogens is 517 g/mol. The lowest BCUT2D eigenvalue weighted by molar-refractivity contribution is -0.123. The molecule has 184 valence electrons. The van der Waals surface area contributed by atoms with Crippen molar-refractivity contribution in [1.29, 1.82) is 0 Å². The smallest absolute Gasteiger partial charge is 0.293 e. The molecule has 1 aliphatic rings. The molecule has 1 fully saturated rings. The molecule has 0 aliphatic carbocycles. The fourth-order valence-electron chi connectivity index (χ4n) is 4.40. The lowest BCUT2D eigenvalue weighted by Gasteiger charge is -2.19. The van der Waals surface area contributed by atoms with Gasteiger partial charge in [0.1, 0.15) is 0 Å². The minimum absolute atomic E-state index is 0.107. The molecule has 0 spiro atoms. The third kappa shape index (κ3) is 4.72. The summed E-state index contributed by atoms with van der Waals surface area (Å²) in [5.41, 5.74) is 3.63. The number of carbonyl (C=O) groups excluding carboxylic acids is 2. The van der Waals surface area contributed by atoms with Crippen molar-refractivity contribution < 1.29 is 14.7 Å². The van der Waals surface area contributed by atoms with Crippen LogP contribution in [0.5, 0.6) is 0 Å². The molecular formula is C27H23Cl2N3O3S. The van der Waals surface area contributed by atoms with Crippen LogP contribution in [0, 0.1) is 0 Å². The van der Waals surface area contributed by atoms with Crippen LogP contribution in [-0.2, 0) is 11.3 Å². The number of aromatic nitrogens is 1. The Labute approximate surface area is 222 Å². The van der Waals surface area contributed by atoms with Crippen LogP contribution in [-0.4, -0.2) is 52.5 Å². The van der Waals surface area contributed by atoms with Gasteiger partial charge in [-0.3, -0.25) is 14.5 Å². The first kappa shape index (κ1) is 24.7. The van der Waals surface area contributed by atoms with Crippen molar-refractivity contribution in [2.24, 2.45) is 0 Å². The van der Waals surface area contributed by atoms with Crippen molar-refractivity contribution >= 4 is 79.7 Å². The van der Waals surface area contributed by atoms with Crippen molar-refractivity contribution in [1.82, 2.24) is 9.47 Å². The molecule has 2 heterocycles. The van der Waals surface area contributed by atoms with Gasteiger partial charge in [0.25, 0.3) is 11.1 Å². The molecule has 0 unspecified atom stereocenters. The zero-order valence-corrected chi connectivity index (χ0v) is 21.9. The first-order valence-corrected chi connectivity index (χ1v) is 12.9. The van der Waals surface area contributed by atoms with Crippen LogP contribution in [0.25, 0.3) is 27.9 Å². The van der Waals surface area contributed by atoms with E-state index in [-0.39, 0.29) is 13.1 Å². The Kier molecular flexibility index (Phi) is 6.74. The van der Waals surface area contributed by atoms with Gasteiger partial charge in [0.2, 0.25) is 0 Å². The summed E-state index contributed by atoms with van der Waals surface area (Å²) in [6.07, 6.45) is 0.736. The predicted molar refractivity (Wildman–Crippen MR) is 149 cm³/mol. The fraction of sp³-hybridized carbons (Fsp3) is 0.185. The van der Waals surface area contributed by atoms with E-state index in [0.717, 1.165) is 49.7 Å². The van der Waals surface area contributed by atoms with Gasteiger partial charge in [0, 0.05) is 51.6 Å². The average molecular weight is 540 g/mol. The van der Waals surface area contributed by atoms with Crippen LogP contribution in [0.1, 0.15) is 5.56 Å². The van der Waals surface area contributed by atoms with Gasteiger partial charge in [-0.25, -0.2) is 0 Å². The van der Waals surface area contributed by atoms with E-state index in [9.17, 15) is 14.7 Å². The van der Waals surface area contributed by atoms with Crippen LogP contribution in [0.4, 0.5) is 10.5 Å². The molecule has 4 aromatic rings. The summed E-state index contributed by atoms with van der Waals surface area (Å²) in [6, 6.07) is 18.8. The second-order valence-corrected chi connectivity index (χ2v) is 10.7. The Morgan fingerprint density at radius 1 is 0.917 bits per heavy atom. The SMILES string of the molecule is CN(C)c1ccc(/C=C2/SC(=O)N(C[C@@H](O)Cn3c4ccc(Cl)cc4c4cc(Cl)ccc43)C2=O)cc1. The molecule has 9 heteroatoms. The quantitative estimate of drug-likeness (QED) is 0.292. The molecule has 2 amide bonds. The number of β-amino-alcohol motifs (C(OH)–C–C–N with tert-alkyl or cyclic N) is 1. The highest BCUT2D eigenvalue weighted by Gasteiger charge is 2.36. The number of aliphatic hydroxyl groups excluding tert-OH is 1. The number of benzene rings is 3. The first-order valence-electron chi connectivity index (χ1n) is 11.3. The van der Waals surface area contributed by atoms with Gasteiger partial charge in [0.15, 0.2) is 0 Å². The second kappa shape index (κ2) is 9.82. The standard InChI is InChI=1S/C27H23Cl2N3O3S/c1-30(2)19-7-3-16(4-8-19)11-25-26(34)32(27(35)36-25)15-20(33)14-31-23-9-5-17(28)12-21(23)22-13-18(29)6-10-24(22)31/h3-13,20,33H,14-15H2,1-2H3/b25-11+/t20-/m0/s1. The van der Waals surface area contributed by atoms with E-state index in [2.05, 4.69) is 0 Å². The summed E-state index contributed by atoms with van der Waals surface area (Å²) in [4.78, 5) is 29.1. The maximum absolute atomic E-state index is 13.0. The number of carbonyl (C=O) groups is 2. The summed E-state index contributed by atoms with van der Waals surface area (Å²) < 4.78 is 1.96. The van der Waals surface area contributed by atoms with E-state index in [1.54, 1.807) is 18.2 Å². The zero-order chi connectivity index (χ0) is 25.6. The number of imide groups is 1. The van der Waals surface area contributed by atoms with Gasteiger partial charge in [-0.2, -0.15) is 0 Å². The molecule has 6 nitrogen and oxygen atoms in total. The van der Waals surface area contributed by atoms with Crippen LogP contribution in [0.15, 0.2) is 65.6 Å². The summed E-state index contributed by atoms with van der Waals surface area (Å²) in [6.45, 7) is 0.0833. The highest BCUT2D eigenvalue weighted by atomic mass is 35.5. The number of amides is 2. The number of thioether (sulfide) groups is 1. The monoisotopic (exact) mass is 539 g/mol. The Balaban J connectivity index is 1.37. The lowest BCUT2D eigenvalue weighted by Crippen LogP contribution is -2.37. The average Bonchev–Trinajstić information content (AvgIpc) is 3.27. The van der Waals surface area contributed by atoms with Crippen LogP contribution >= 0.6 is 35.0 Å². The molecule has 1 atom stereocenters. The lowest BCUT2D eigenvalue weighted by atomic mass is 10.1.